The van der Waals surface area contributed by atoms with E-state index in [2.05, 4.69) is 16.0 Å². The summed E-state index contributed by atoms with van der Waals surface area (Å²) in [4.78, 5) is 20.7. The summed E-state index contributed by atoms with van der Waals surface area (Å²) in [6.45, 7) is 3.34. The van der Waals surface area contributed by atoms with Gasteiger partial charge in [0.05, 0.1) is 17.3 Å². The molecule has 136 valence electrons. The molecule has 1 aliphatic heterocycles. The number of hydrogen-bond donors (Lipinski definition) is 1. The number of nitriles is 1. The lowest BCUT2D eigenvalue weighted by Crippen LogP contribution is -2.54. The van der Waals surface area contributed by atoms with Crippen LogP contribution in [0.1, 0.15) is 23.7 Å². The molecular weight excluding hydrogens is 347 g/mol. The molecule has 2 atom stereocenters. The van der Waals surface area contributed by atoms with Crippen molar-refractivity contribution in [1.82, 2.24) is 4.98 Å². The van der Waals surface area contributed by atoms with Crippen LogP contribution >= 0.6 is 0 Å². The first-order chi connectivity index (χ1) is 12.9. The zero-order valence-corrected chi connectivity index (χ0v) is 14.8. The Balaban J connectivity index is 2.16. The largest absolute Gasteiger partial charge is 0.465 e. The number of nitrogens with zero attached hydrogens (tertiary/aromatic N) is 3. The molecule has 0 fully saturated rings. The van der Waals surface area contributed by atoms with E-state index in [1.807, 2.05) is 0 Å². The number of dihydropyridines is 1. The number of primary amides is 1. The minimum absolute atomic E-state index is 0.287. The molecule has 27 heavy (non-hydrogen) atoms. The van der Waals surface area contributed by atoms with Crippen molar-refractivity contribution in [1.29, 1.82) is 5.26 Å². The van der Waals surface area contributed by atoms with E-state index in [1.54, 1.807) is 44.2 Å². The number of aromatic nitrogens is 1. The zero-order valence-electron chi connectivity index (χ0n) is 14.8. The number of allylic oxidation sites excluding steroid dienone is 1. The zero-order chi connectivity index (χ0) is 19.6. The lowest BCUT2D eigenvalue weighted by atomic mass is 9.71. The molecule has 1 aliphatic rings. The van der Waals surface area contributed by atoms with Gasteiger partial charge in [0.15, 0.2) is 5.41 Å². The van der Waals surface area contributed by atoms with Gasteiger partial charge in [0.25, 0.3) is 0 Å². The van der Waals surface area contributed by atoms with E-state index in [9.17, 15) is 14.4 Å². The van der Waals surface area contributed by atoms with Crippen molar-refractivity contribution in [3.63, 3.8) is 0 Å². The predicted molar refractivity (Wildman–Crippen MR) is 97.6 cm³/mol. The molecule has 0 spiro atoms. The van der Waals surface area contributed by atoms with Gasteiger partial charge in [-0.1, -0.05) is 12.1 Å². The molecule has 0 bridgehead atoms. The van der Waals surface area contributed by atoms with Crippen molar-refractivity contribution >= 4 is 12.1 Å². The number of hydrogen-bond acceptors (Lipinski definition) is 5. The molecule has 3 rings (SSSR count). The van der Waals surface area contributed by atoms with E-state index in [0.717, 1.165) is 0 Å². The second-order valence-corrected chi connectivity index (χ2v) is 6.20. The number of halogens is 1. The van der Waals surface area contributed by atoms with E-state index in [0.29, 0.717) is 22.4 Å². The van der Waals surface area contributed by atoms with Crippen LogP contribution in [0.4, 0.5) is 4.39 Å². The summed E-state index contributed by atoms with van der Waals surface area (Å²) < 4.78 is 19.3. The maximum Gasteiger partial charge on any atom is 0.238 e. The van der Waals surface area contributed by atoms with Crippen molar-refractivity contribution in [2.24, 2.45) is 10.7 Å². The van der Waals surface area contributed by atoms with Crippen LogP contribution in [0.2, 0.25) is 0 Å². The first kappa shape index (κ1) is 18.3. The van der Waals surface area contributed by atoms with Gasteiger partial charge in [0.2, 0.25) is 18.1 Å². The van der Waals surface area contributed by atoms with E-state index in [-0.39, 0.29) is 5.75 Å². The molecule has 0 saturated carbocycles. The molecule has 0 saturated heterocycles. The summed E-state index contributed by atoms with van der Waals surface area (Å²) in [5.74, 6) is -1.01. The highest BCUT2D eigenvalue weighted by Gasteiger charge is 2.50. The third-order valence-electron chi connectivity index (χ3n) is 4.62. The molecule has 2 unspecified atom stereocenters. The van der Waals surface area contributed by atoms with Crippen molar-refractivity contribution in [2.45, 2.75) is 25.5 Å². The Morgan fingerprint density at radius 3 is 2.78 bits per heavy atom. The van der Waals surface area contributed by atoms with Crippen LogP contribution in [0.3, 0.4) is 0 Å². The first-order valence-electron chi connectivity index (χ1n) is 8.20. The molecule has 0 aliphatic carbocycles. The van der Waals surface area contributed by atoms with Gasteiger partial charge in [-0.05, 0) is 55.3 Å². The topological polar surface area (TPSA) is 101 Å². The highest BCUT2D eigenvalue weighted by Crippen LogP contribution is 2.40. The third-order valence-corrected chi connectivity index (χ3v) is 4.62. The average Bonchev–Trinajstić information content (AvgIpc) is 2.64. The smallest absolute Gasteiger partial charge is 0.238 e. The van der Waals surface area contributed by atoms with Crippen molar-refractivity contribution in [2.75, 3.05) is 0 Å². The molecule has 2 heterocycles. The van der Waals surface area contributed by atoms with Crippen LogP contribution in [0.5, 0.6) is 5.75 Å². The maximum atomic E-state index is 13.3. The summed E-state index contributed by atoms with van der Waals surface area (Å²) in [6.07, 6.45) is 2.18. The van der Waals surface area contributed by atoms with Crippen LogP contribution in [-0.4, -0.2) is 23.3 Å². The van der Waals surface area contributed by atoms with Crippen LogP contribution < -0.4 is 10.5 Å². The highest BCUT2D eigenvalue weighted by molar-refractivity contribution is 5.94. The SMILES string of the molecule is CC1=CC=NC(Oc2ccc(F)nc2C)C1(C(N)=O)c1cccc(C#N)c1. The molecule has 1 aromatic heterocycles. The number of pyridine rings is 1. The van der Waals surface area contributed by atoms with Gasteiger partial charge in [-0.15, -0.1) is 0 Å². The Morgan fingerprint density at radius 1 is 1.33 bits per heavy atom. The van der Waals surface area contributed by atoms with Gasteiger partial charge in [-0.2, -0.15) is 9.65 Å². The first-order valence-corrected chi connectivity index (χ1v) is 8.20. The second kappa shape index (κ2) is 7.00. The molecule has 6 nitrogen and oxygen atoms in total. The van der Waals surface area contributed by atoms with Crippen molar-refractivity contribution in [3.05, 3.63) is 70.8 Å². The predicted octanol–water partition coefficient (Wildman–Crippen LogP) is 2.56. The van der Waals surface area contributed by atoms with Crippen LogP contribution in [0, 0.1) is 24.2 Å². The number of amides is 1. The fourth-order valence-corrected chi connectivity index (χ4v) is 3.21. The normalized spacial score (nSPS) is 21.3. The Morgan fingerprint density at radius 2 is 2.11 bits per heavy atom. The van der Waals surface area contributed by atoms with E-state index >= 15 is 0 Å². The lowest BCUT2D eigenvalue weighted by Gasteiger charge is -2.38. The fraction of sp³-hybridized carbons (Fsp3) is 0.200. The van der Waals surface area contributed by atoms with Crippen LogP contribution in [0.25, 0.3) is 0 Å². The minimum atomic E-state index is -1.41. The monoisotopic (exact) mass is 364 g/mol. The quantitative estimate of drug-likeness (QED) is 0.842. The lowest BCUT2D eigenvalue weighted by molar-refractivity contribution is -0.125. The molecule has 1 aromatic carbocycles. The number of ether oxygens (including phenoxy) is 1. The standard InChI is InChI=1S/C20H17FN4O2/c1-12-8-9-24-19(27-16-6-7-17(21)25-13(16)2)20(12,18(23)26)15-5-3-4-14(10-15)11-22/h3-10,19H,1-2H3,(H2,23,26). The summed E-state index contributed by atoms with van der Waals surface area (Å²) in [7, 11) is 0. The van der Waals surface area contributed by atoms with E-state index in [4.69, 9.17) is 10.5 Å². The molecule has 2 aromatic rings. The fourth-order valence-electron chi connectivity index (χ4n) is 3.21. The molecule has 2 N–H and O–H groups in total. The number of nitrogens with two attached hydrogens (primary N) is 1. The van der Waals surface area contributed by atoms with E-state index < -0.39 is 23.5 Å². The van der Waals surface area contributed by atoms with Gasteiger partial charge in [0.1, 0.15) is 5.75 Å². The molecule has 0 radical (unpaired) electrons. The Labute approximate surface area is 155 Å². The Bertz CT molecular complexity index is 1010. The van der Waals surface area contributed by atoms with Gasteiger partial charge < -0.3 is 10.5 Å². The van der Waals surface area contributed by atoms with Gasteiger partial charge in [-0.3, -0.25) is 4.79 Å². The van der Waals surface area contributed by atoms with Crippen molar-refractivity contribution in [3.8, 4) is 11.8 Å². The number of benzene rings is 1. The van der Waals surface area contributed by atoms with Gasteiger partial charge in [-0.25, -0.2) is 9.98 Å². The number of rotatable bonds is 4. The number of carbonyl (C=O) groups excluding carboxylic acids is 1. The Kier molecular flexibility index (Phi) is 4.74. The average molecular weight is 364 g/mol. The van der Waals surface area contributed by atoms with Crippen LogP contribution in [-0.2, 0) is 10.2 Å². The summed E-state index contributed by atoms with van der Waals surface area (Å²) in [5.41, 5.74) is 6.24. The second-order valence-electron chi connectivity index (χ2n) is 6.20. The van der Waals surface area contributed by atoms with Gasteiger partial charge >= 0.3 is 0 Å². The number of carbonyl (C=O) groups is 1. The minimum Gasteiger partial charge on any atom is -0.465 e. The van der Waals surface area contributed by atoms with E-state index in [1.165, 1.54) is 18.3 Å². The van der Waals surface area contributed by atoms with Gasteiger partial charge in [0, 0.05) is 6.21 Å². The number of aryl methyl sites for hydroxylation is 1. The Hall–Kier alpha value is -3.53. The summed E-state index contributed by atoms with van der Waals surface area (Å²) >= 11 is 0. The number of aliphatic imine (C=N–C) groups is 1. The molecule has 1 amide bonds. The van der Waals surface area contributed by atoms with Crippen LogP contribution in [0.15, 0.2) is 53.0 Å². The van der Waals surface area contributed by atoms with Crippen molar-refractivity contribution < 1.29 is 13.9 Å². The maximum absolute atomic E-state index is 13.3. The highest BCUT2D eigenvalue weighted by atomic mass is 19.1. The molecule has 7 heteroatoms. The summed E-state index contributed by atoms with van der Waals surface area (Å²) in [5, 5.41) is 9.23. The summed E-state index contributed by atoms with van der Waals surface area (Å²) in [6, 6.07) is 11.3. The third kappa shape index (κ3) is 3.06. The molecular formula is C20H17FN4O2.